The highest BCUT2D eigenvalue weighted by atomic mass is 16.5. The number of hydrogen-bond acceptors (Lipinski definition) is 4. The van der Waals surface area contributed by atoms with Crippen LogP contribution in [-0.2, 0) is 11.3 Å². The van der Waals surface area contributed by atoms with Gasteiger partial charge in [0.1, 0.15) is 24.5 Å². The molecule has 1 aliphatic heterocycles. The number of rotatable bonds is 5. The molecule has 1 fully saturated rings. The summed E-state index contributed by atoms with van der Waals surface area (Å²) in [6, 6.07) is 9.95. The zero-order valence-electron chi connectivity index (χ0n) is 16.6. The van der Waals surface area contributed by atoms with E-state index in [1.807, 2.05) is 38.1 Å². The average Bonchev–Trinajstić information content (AvgIpc) is 2.94. The lowest BCUT2D eigenvalue weighted by Gasteiger charge is -2.36. The summed E-state index contributed by atoms with van der Waals surface area (Å²) in [6.45, 7) is 9.19. The molecule has 3 rings (SSSR count). The number of benzene rings is 1. The van der Waals surface area contributed by atoms with Gasteiger partial charge in [-0.2, -0.15) is 5.10 Å². The molecule has 0 spiro atoms. The molecular formula is C21H29N3O3. The third-order valence-electron chi connectivity index (χ3n) is 5.07. The van der Waals surface area contributed by atoms with Crippen molar-refractivity contribution in [1.29, 1.82) is 0 Å². The maximum atomic E-state index is 12.6. The number of carbonyl (C=O) groups is 1. The lowest BCUT2D eigenvalue weighted by molar-refractivity contribution is -0.137. The number of nitrogens with zero attached hydrogens (tertiary/aromatic N) is 3. The van der Waals surface area contributed by atoms with Crippen molar-refractivity contribution in [2.75, 3.05) is 13.1 Å². The summed E-state index contributed by atoms with van der Waals surface area (Å²) in [5, 5.41) is 14.9. The maximum absolute atomic E-state index is 12.6. The Bertz CT molecular complexity index is 800. The van der Waals surface area contributed by atoms with Gasteiger partial charge in [-0.05, 0) is 43.5 Å². The van der Waals surface area contributed by atoms with Crippen LogP contribution in [0.1, 0.15) is 43.1 Å². The van der Waals surface area contributed by atoms with Crippen molar-refractivity contribution in [2.45, 2.75) is 58.8 Å². The highest BCUT2D eigenvalue weighted by Gasteiger charge is 2.31. The lowest BCUT2D eigenvalue weighted by atomic mass is 10.0. The van der Waals surface area contributed by atoms with Crippen LogP contribution in [0, 0.1) is 13.8 Å². The third-order valence-corrected chi connectivity index (χ3v) is 5.07. The molecule has 1 saturated heterocycles. The van der Waals surface area contributed by atoms with Crippen molar-refractivity contribution >= 4 is 5.91 Å². The van der Waals surface area contributed by atoms with Crippen LogP contribution in [0.2, 0.25) is 0 Å². The second-order valence-electron chi connectivity index (χ2n) is 7.66. The van der Waals surface area contributed by atoms with Crippen LogP contribution in [0.4, 0.5) is 0 Å². The predicted molar refractivity (Wildman–Crippen MR) is 104 cm³/mol. The quantitative estimate of drug-likeness (QED) is 0.877. The normalized spacial score (nSPS) is 20.1. The van der Waals surface area contributed by atoms with Crippen molar-refractivity contribution in [2.24, 2.45) is 0 Å². The van der Waals surface area contributed by atoms with Gasteiger partial charge in [-0.1, -0.05) is 26.0 Å². The molecule has 1 aromatic carbocycles. The fourth-order valence-electron chi connectivity index (χ4n) is 3.46. The first-order chi connectivity index (χ1) is 12.8. The Labute approximate surface area is 160 Å². The zero-order chi connectivity index (χ0) is 19.6. The highest BCUT2D eigenvalue weighted by Crippen LogP contribution is 2.24. The van der Waals surface area contributed by atoms with Crippen LogP contribution < -0.4 is 4.74 Å². The van der Waals surface area contributed by atoms with Gasteiger partial charge >= 0.3 is 0 Å². The molecule has 1 amide bonds. The Morgan fingerprint density at radius 2 is 2.11 bits per heavy atom. The molecule has 0 aliphatic carbocycles. The number of hydrogen-bond donors (Lipinski definition) is 1. The molecule has 2 aromatic rings. The predicted octanol–water partition coefficient (Wildman–Crippen LogP) is 2.66. The SMILES string of the molecule is Cc1cc(C)n(CC(=O)N2CC[C@@H](Oc3cccc(C(C)C)c3)[C@H](O)C2)n1. The van der Waals surface area contributed by atoms with Crippen molar-refractivity contribution in [3.8, 4) is 5.75 Å². The summed E-state index contributed by atoms with van der Waals surface area (Å²) in [7, 11) is 0. The number of aliphatic hydroxyl groups excluding tert-OH is 1. The molecule has 0 bridgehead atoms. The monoisotopic (exact) mass is 371 g/mol. The Morgan fingerprint density at radius 3 is 2.74 bits per heavy atom. The van der Waals surface area contributed by atoms with Crippen LogP contribution >= 0.6 is 0 Å². The Morgan fingerprint density at radius 1 is 1.33 bits per heavy atom. The van der Waals surface area contributed by atoms with E-state index >= 15 is 0 Å². The van der Waals surface area contributed by atoms with E-state index in [1.165, 1.54) is 5.56 Å². The van der Waals surface area contributed by atoms with E-state index < -0.39 is 6.10 Å². The molecule has 27 heavy (non-hydrogen) atoms. The van der Waals surface area contributed by atoms with Crippen LogP contribution in [0.15, 0.2) is 30.3 Å². The molecule has 146 valence electrons. The van der Waals surface area contributed by atoms with Gasteiger partial charge in [0.2, 0.25) is 5.91 Å². The van der Waals surface area contributed by atoms with Crippen LogP contribution in [0.5, 0.6) is 5.75 Å². The molecule has 1 aromatic heterocycles. The summed E-state index contributed by atoms with van der Waals surface area (Å²) in [4.78, 5) is 14.3. The standard InChI is InChI=1S/C21H29N3O3/c1-14(2)17-6-5-7-18(11-17)27-20-8-9-23(12-19(20)25)21(26)13-24-16(4)10-15(3)22-24/h5-7,10-11,14,19-20,25H,8-9,12-13H2,1-4H3/t19-,20-/m1/s1. The molecule has 1 N–H and O–H groups in total. The average molecular weight is 371 g/mol. The molecule has 6 nitrogen and oxygen atoms in total. The topological polar surface area (TPSA) is 67.6 Å². The van der Waals surface area contributed by atoms with Crippen molar-refractivity contribution < 1.29 is 14.6 Å². The summed E-state index contributed by atoms with van der Waals surface area (Å²) in [5.41, 5.74) is 3.07. The minimum atomic E-state index is -0.703. The Hall–Kier alpha value is -2.34. The van der Waals surface area contributed by atoms with E-state index in [4.69, 9.17) is 4.74 Å². The zero-order valence-corrected chi connectivity index (χ0v) is 16.6. The van der Waals surface area contributed by atoms with Gasteiger partial charge in [-0.15, -0.1) is 0 Å². The minimum absolute atomic E-state index is 0.0273. The van der Waals surface area contributed by atoms with Gasteiger partial charge in [0, 0.05) is 18.7 Å². The summed E-state index contributed by atoms with van der Waals surface area (Å²) < 4.78 is 7.73. The van der Waals surface area contributed by atoms with Gasteiger partial charge in [-0.25, -0.2) is 0 Å². The van der Waals surface area contributed by atoms with E-state index in [2.05, 4.69) is 25.0 Å². The summed E-state index contributed by atoms with van der Waals surface area (Å²) in [5.74, 6) is 1.17. The second kappa shape index (κ2) is 8.13. The smallest absolute Gasteiger partial charge is 0.244 e. The van der Waals surface area contributed by atoms with E-state index in [0.717, 1.165) is 17.1 Å². The van der Waals surface area contributed by atoms with Crippen molar-refractivity contribution in [3.05, 3.63) is 47.3 Å². The summed E-state index contributed by atoms with van der Waals surface area (Å²) in [6.07, 6.45) is -0.397. The highest BCUT2D eigenvalue weighted by molar-refractivity contribution is 5.76. The lowest BCUT2D eigenvalue weighted by Crippen LogP contribution is -2.51. The Balaban J connectivity index is 1.58. The molecule has 6 heteroatoms. The van der Waals surface area contributed by atoms with E-state index in [-0.39, 0.29) is 25.1 Å². The first-order valence-corrected chi connectivity index (χ1v) is 9.57. The fraction of sp³-hybridized carbons (Fsp3) is 0.524. The van der Waals surface area contributed by atoms with Crippen LogP contribution in [-0.4, -0.2) is 51.0 Å². The number of carbonyl (C=O) groups excluding carboxylic acids is 1. The number of aromatic nitrogens is 2. The largest absolute Gasteiger partial charge is 0.488 e. The number of amides is 1. The summed E-state index contributed by atoms with van der Waals surface area (Å²) >= 11 is 0. The maximum Gasteiger partial charge on any atom is 0.244 e. The first kappa shape index (κ1) is 19.4. The van der Waals surface area contributed by atoms with Crippen molar-refractivity contribution in [1.82, 2.24) is 14.7 Å². The van der Waals surface area contributed by atoms with Crippen LogP contribution in [0.3, 0.4) is 0 Å². The fourth-order valence-corrected chi connectivity index (χ4v) is 3.46. The first-order valence-electron chi connectivity index (χ1n) is 9.57. The van der Waals surface area contributed by atoms with Crippen LogP contribution in [0.25, 0.3) is 0 Å². The van der Waals surface area contributed by atoms with E-state index in [1.54, 1.807) is 9.58 Å². The van der Waals surface area contributed by atoms with Gasteiger partial charge in [-0.3, -0.25) is 9.48 Å². The second-order valence-corrected chi connectivity index (χ2v) is 7.66. The van der Waals surface area contributed by atoms with Gasteiger partial charge in [0.15, 0.2) is 0 Å². The van der Waals surface area contributed by atoms with Gasteiger partial charge < -0.3 is 14.7 Å². The molecule has 1 aliphatic rings. The Kier molecular flexibility index (Phi) is 5.85. The molecule has 2 atom stereocenters. The van der Waals surface area contributed by atoms with E-state index in [0.29, 0.717) is 18.9 Å². The number of ether oxygens (including phenoxy) is 1. The molecule has 2 heterocycles. The molecule has 0 saturated carbocycles. The number of piperidine rings is 1. The molecule has 0 radical (unpaired) electrons. The number of likely N-dealkylation sites (tertiary alicyclic amines) is 1. The number of aryl methyl sites for hydroxylation is 2. The minimum Gasteiger partial charge on any atom is -0.488 e. The molecular weight excluding hydrogens is 342 g/mol. The van der Waals surface area contributed by atoms with Gasteiger partial charge in [0.05, 0.1) is 12.2 Å². The van der Waals surface area contributed by atoms with Crippen molar-refractivity contribution in [3.63, 3.8) is 0 Å². The third kappa shape index (κ3) is 4.69. The number of β-amino-alcohol motifs (C(OH)–C–C–N with tert-alkyl or cyclic N) is 1. The number of aliphatic hydroxyl groups is 1. The molecule has 0 unspecified atom stereocenters. The van der Waals surface area contributed by atoms with Gasteiger partial charge in [0.25, 0.3) is 0 Å². The van der Waals surface area contributed by atoms with E-state index in [9.17, 15) is 9.90 Å².